The Bertz CT molecular complexity index is 918. The van der Waals surface area contributed by atoms with E-state index in [0.717, 1.165) is 16.9 Å². The second-order valence-corrected chi connectivity index (χ2v) is 5.78. The molecule has 27 heavy (non-hydrogen) atoms. The van der Waals surface area contributed by atoms with Gasteiger partial charge in [0, 0.05) is 6.08 Å². The molecule has 138 valence electrons. The van der Waals surface area contributed by atoms with E-state index in [2.05, 4.69) is 4.98 Å². The highest BCUT2D eigenvalue weighted by Crippen LogP contribution is 2.18. The van der Waals surface area contributed by atoms with E-state index in [-0.39, 0.29) is 19.0 Å². The molecule has 3 aromatic rings. The Hall–Kier alpha value is -3.45. The maximum atomic E-state index is 11.0. The van der Waals surface area contributed by atoms with Crippen molar-refractivity contribution in [3.8, 4) is 5.75 Å². The topological polar surface area (TPSA) is 90.4 Å². The molecular formula is C20H19N3O4. The molecule has 3 rings (SSSR count). The predicted octanol–water partition coefficient (Wildman–Crippen LogP) is 3.53. The van der Waals surface area contributed by atoms with Crippen molar-refractivity contribution in [2.75, 3.05) is 6.61 Å². The lowest BCUT2D eigenvalue weighted by Crippen LogP contribution is -2.07. The third-order valence-electron chi connectivity index (χ3n) is 3.93. The van der Waals surface area contributed by atoms with Crippen molar-refractivity contribution in [1.29, 1.82) is 0 Å². The number of nitrogens with zero attached hydrogens (tertiary/aromatic N) is 3. The summed E-state index contributed by atoms with van der Waals surface area (Å²) in [7, 11) is 0. The zero-order chi connectivity index (χ0) is 19.1. The van der Waals surface area contributed by atoms with Gasteiger partial charge in [-0.2, -0.15) is 0 Å². The average molecular weight is 365 g/mol. The van der Waals surface area contributed by atoms with Gasteiger partial charge in [-0.1, -0.05) is 42.5 Å². The van der Waals surface area contributed by atoms with Gasteiger partial charge in [0.15, 0.2) is 0 Å². The van der Waals surface area contributed by atoms with Crippen molar-refractivity contribution in [2.45, 2.75) is 13.2 Å². The van der Waals surface area contributed by atoms with E-state index in [1.807, 2.05) is 54.6 Å². The van der Waals surface area contributed by atoms with Crippen LogP contribution in [0.5, 0.6) is 5.75 Å². The van der Waals surface area contributed by atoms with Crippen LogP contribution in [0.15, 0.2) is 60.8 Å². The molecule has 0 saturated heterocycles. The summed E-state index contributed by atoms with van der Waals surface area (Å²) in [6.45, 7) is 0.409. The number of imidazole rings is 1. The van der Waals surface area contributed by atoms with Crippen LogP contribution in [0.2, 0.25) is 0 Å². The van der Waals surface area contributed by atoms with Gasteiger partial charge in [0.05, 0.1) is 6.61 Å². The maximum absolute atomic E-state index is 11.0. The molecule has 0 fully saturated rings. The van der Waals surface area contributed by atoms with Crippen LogP contribution in [-0.4, -0.2) is 26.2 Å². The highest BCUT2D eigenvalue weighted by molar-refractivity contribution is 5.67. The van der Waals surface area contributed by atoms with E-state index in [1.165, 1.54) is 10.8 Å². The molecule has 0 saturated carbocycles. The molecule has 0 amide bonds. The number of aliphatic hydroxyl groups excluding tert-OH is 1. The maximum Gasteiger partial charge on any atom is 0.343 e. The van der Waals surface area contributed by atoms with Crippen LogP contribution < -0.4 is 4.74 Å². The normalized spacial score (nSPS) is 11.0. The summed E-state index contributed by atoms with van der Waals surface area (Å²) in [6, 6.07) is 17.4. The highest BCUT2D eigenvalue weighted by Gasteiger charge is 2.17. The first kappa shape index (κ1) is 18.3. The number of hydrogen-bond donors (Lipinski definition) is 1. The predicted molar refractivity (Wildman–Crippen MR) is 102 cm³/mol. The number of benzene rings is 2. The van der Waals surface area contributed by atoms with E-state index in [0.29, 0.717) is 12.4 Å². The fourth-order valence-electron chi connectivity index (χ4n) is 2.58. The second kappa shape index (κ2) is 8.77. The molecule has 1 N–H and O–H groups in total. The summed E-state index contributed by atoms with van der Waals surface area (Å²) in [4.78, 5) is 14.5. The molecule has 0 bridgehead atoms. The van der Waals surface area contributed by atoms with Gasteiger partial charge in [-0.15, -0.1) is 0 Å². The van der Waals surface area contributed by atoms with Crippen molar-refractivity contribution in [3.63, 3.8) is 0 Å². The van der Waals surface area contributed by atoms with Gasteiger partial charge >= 0.3 is 5.82 Å². The number of aliphatic hydroxyl groups is 1. The Labute approximate surface area is 156 Å². The molecule has 0 aliphatic carbocycles. The molecule has 7 heteroatoms. The molecule has 0 aliphatic heterocycles. The van der Waals surface area contributed by atoms with Gasteiger partial charge < -0.3 is 20.0 Å². The van der Waals surface area contributed by atoms with Gasteiger partial charge in [-0.25, -0.2) is 9.55 Å². The summed E-state index contributed by atoms with van der Waals surface area (Å²) in [6.07, 6.45) is 4.68. The van der Waals surface area contributed by atoms with Crippen molar-refractivity contribution in [3.05, 3.63) is 87.9 Å². The molecule has 7 nitrogen and oxygen atoms in total. The lowest BCUT2D eigenvalue weighted by molar-refractivity contribution is -0.392. The quantitative estimate of drug-likeness (QED) is 0.487. The first-order valence-corrected chi connectivity index (χ1v) is 8.43. The zero-order valence-corrected chi connectivity index (χ0v) is 14.6. The Morgan fingerprint density at radius 2 is 1.85 bits per heavy atom. The molecule has 2 aromatic carbocycles. The van der Waals surface area contributed by atoms with Gasteiger partial charge in [-0.05, 0) is 34.3 Å². The second-order valence-electron chi connectivity index (χ2n) is 5.78. The molecule has 1 aromatic heterocycles. The standard InChI is InChI=1S/C20H19N3O4/c24-13-12-22-19(21-14-20(22)23(25)26)11-8-16-6-9-18(10-7-16)27-15-17-4-2-1-3-5-17/h1-11,14,24H,12-13,15H2/b11-8+. The Kier molecular flexibility index (Phi) is 5.96. The first-order chi connectivity index (χ1) is 13.2. The Balaban J connectivity index is 1.67. The number of hydrogen-bond acceptors (Lipinski definition) is 5. The van der Waals surface area contributed by atoms with E-state index in [4.69, 9.17) is 9.84 Å². The van der Waals surface area contributed by atoms with Crippen LogP contribution >= 0.6 is 0 Å². The molecule has 1 heterocycles. The van der Waals surface area contributed by atoms with E-state index >= 15 is 0 Å². The van der Waals surface area contributed by atoms with Crippen LogP contribution in [0.1, 0.15) is 17.0 Å². The minimum atomic E-state index is -0.515. The average Bonchev–Trinajstić information content (AvgIpc) is 3.10. The summed E-state index contributed by atoms with van der Waals surface area (Å²) >= 11 is 0. The lowest BCUT2D eigenvalue weighted by atomic mass is 10.2. The molecule has 0 unspecified atom stereocenters. The molecule has 0 spiro atoms. The lowest BCUT2D eigenvalue weighted by Gasteiger charge is -2.06. The Morgan fingerprint density at radius 3 is 2.52 bits per heavy atom. The van der Waals surface area contributed by atoms with Crippen molar-refractivity contribution in [2.24, 2.45) is 0 Å². The summed E-state index contributed by atoms with van der Waals surface area (Å²) in [5.74, 6) is 1.03. The first-order valence-electron chi connectivity index (χ1n) is 8.43. The smallest absolute Gasteiger partial charge is 0.343 e. The van der Waals surface area contributed by atoms with E-state index < -0.39 is 4.92 Å². The van der Waals surface area contributed by atoms with Crippen molar-refractivity contribution < 1.29 is 14.8 Å². The van der Waals surface area contributed by atoms with Crippen LogP contribution in [-0.2, 0) is 13.2 Å². The molecule has 0 atom stereocenters. The fourth-order valence-corrected chi connectivity index (χ4v) is 2.58. The van der Waals surface area contributed by atoms with E-state index in [9.17, 15) is 10.1 Å². The van der Waals surface area contributed by atoms with Gasteiger partial charge in [0.2, 0.25) is 5.82 Å². The molecule has 0 aliphatic rings. The SMILES string of the molecule is O=[N+]([O-])c1cnc(/C=C/c2ccc(OCc3ccccc3)cc2)n1CCO. The molecular weight excluding hydrogens is 346 g/mol. The van der Waals surface area contributed by atoms with Gasteiger partial charge in [-0.3, -0.25) is 0 Å². The molecule has 0 radical (unpaired) electrons. The summed E-state index contributed by atoms with van der Waals surface area (Å²) in [5, 5.41) is 20.1. The number of aromatic nitrogens is 2. The van der Waals surface area contributed by atoms with Gasteiger partial charge in [0.1, 0.15) is 25.1 Å². The zero-order valence-electron chi connectivity index (χ0n) is 14.6. The fraction of sp³-hybridized carbons (Fsp3) is 0.150. The van der Waals surface area contributed by atoms with Crippen LogP contribution in [0, 0.1) is 10.1 Å². The van der Waals surface area contributed by atoms with Crippen LogP contribution in [0.25, 0.3) is 12.2 Å². The van der Waals surface area contributed by atoms with Crippen molar-refractivity contribution in [1.82, 2.24) is 9.55 Å². The van der Waals surface area contributed by atoms with Crippen molar-refractivity contribution >= 4 is 18.0 Å². The number of ether oxygens (including phenoxy) is 1. The number of nitro groups is 1. The monoisotopic (exact) mass is 365 g/mol. The van der Waals surface area contributed by atoms with Gasteiger partial charge in [0.25, 0.3) is 0 Å². The van der Waals surface area contributed by atoms with Crippen LogP contribution in [0.3, 0.4) is 0 Å². The largest absolute Gasteiger partial charge is 0.489 e. The highest BCUT2D eigenvalue weighted by atomic mass is 16.6. The Morgan fingerprint density at radius 1 is 1.11 bits per heavy atom. The minimum absolute atomic E-state index is 0.113. The summed E-state index contributed by atoms with van der Waals surface area (Å²) < 4.78 is 7.12. The third kappa shape index (κ3) is 4.80. The van der Waals surface area contributed by atoms with E-state index in [1.54, 1.807) is 12.2 Å². The summed E-state index contributed by atoms with van der Waals surface area (Å²) in [5.41, 5.74) is 2.00. The number of rotatable bonds is 8. The minimum Gasteiger partial charge on any atom is -0.489 e. The third-order valence-corrected chi connectivity index (χ3v) is 3.93. The van der Waals surface area contributed by atoms with Crippen LogP contribution in [0.4, 0.5) is 5.82 Å².